The second kappa shape index (κ2) is 7.25. The molecule has 2 aromatic carbocycles. The van der Waals surface area contributed by atoms with E-state index in [0.717, 1.165) is 16.8 Å². The van der Waals surface area contributed by atoms with Crippen LogP contribution in [0, 0.1) is 0 Å². The maximum absolute atomic E-state index is 5.88. The Morgan fingerprint density at radius 2 is 1.88 bits per heavy atom. The molecule has 0 unspecified atom stereocenters. The van der Waals surface area contributed by atoms with Crippen LogP contribution in [0.2, 0.25) is 0 Å². The van der Waals surface area contributed by atoms with Crippen LogP contribution in [-0.2, 0) is 10.2 Å². The van der Waals surface area contributed by atoms with E-state index in [1.54, 1.807) is 14.2 Å². The summed E-state index contributed by atoms with van der Waals surface area (Å²) in [5.74, 6) is 1.40. The molecule has 6 nitrogen and oxygen atoms in total. The molecule has 0 radical (unpaired) electrons. The van der Waals surface area contributed by atoms with E-state index in [2.05, 4.69) is 31.1 Å². The Kier molecular flexibility index (Phi) is 5.04. The van der Waals surface area contributed by atoms with Crippen LogP contribution in [0.1, 0.15) is 26.3 Å². The van der Waals surface area contributed by atoms with Gasteiger partial charge in [-0.2, -0.15) is 4.98 Å². The first-order chi connectivity index (χ1) is 12.4. The molecule has 0 saturated carbocycles. The molecular formula is C20H24N2O4. The van der Waals surface area contributed by atoms with E-state index < -0.39 is 0 Å². The molecule has 0 fully saturated rings. The van der Waals surface area contributed by atoms with Crippen molar-refractivity contribution < 1.29 is 18.6 Å². The van der Waals surface area contributed by atoms with E-state index >= 15 is 0 Å². The third-order valence-corrected chi connectivity index (χ3v) is 3.96. The Hall–Kier alpha value is -2.73. The molecular weight excluding hydrogens is 332 g/mol. The maximum atomic E-state index is 5.88. The lowest BCUT2D eigenvalue weighted by molar-refractivity contribution is 0.0503. The van der Waals surface area contributed by atoms with E-state index in [4.69, 9.17) is 18.6 Å². The Bertz CT molecular complexity index is 863. The lowest BCUT2D eigenvalue weighted by atomic mass is 9.85. The summed E-state index contributed by atoms with van der Waals surface area (Å²) in [5, 5.41) is 3.22. The van der Waals surface area contributed by atoms with Crippen molar-refractivity contribution in [1.29, 1.82) is 0 Å². The summed E-state index contributed by atoms with van der Waals surface area (Å²) in [6.45, 7) is 6.48. The minimum atomic E-state index is -0.157. The van der Waals surface area contributed by atoms with Crippen molar-refractivity contribution >= 4 is 22.8 Å². The number of nitrogens with zero attached hydrogens (tertiary/aromatic N) is 1. The number of nitrogens with one attached hydrogen (secondary N) is 1. The molecule has 0 spiro atoms. The van der Waals surface area contributed by atoms with Gasteiger partial charge in [0.1, 0.15) is 17.0 Å². The Labute approximate surface area is 153 Å². The summed E-state index contributed by atoms with van der Waals surface area (Å²) in [6, 6.07) is 11.8. The van der Waals surface area contributed by atoms with Crippen LogP contribution < -0.4 is 14.8 Å². The number of ether oxygens (including phenoxy) is 3. The standard InChI is InChI=1S/C20H24N2O4/c1-20(2,3)14-10-13(24-5)11-16(18(14)25-12-23-4)22-19-21-15-8-6-7-9-17(15)26-19/h6-11H,12H2,1-5H3,(H,21,22). The van der Waals surface area contributed by atoms with E-state index in [1.165, 1.54) is 0 Å². The molecule has 0 aliphatic heterocycles. The van der Waals surface area contributed by atoms with Crippen molar-refractivity contribution in [3.8, 4) is 11.5 Å². The van der Waals surface area contributed by atoms with E-state index in [-0.39, 0.29) is 12.2 Å². The van der Waals surface area contributed by atoms with Gasteiger partial charge < -0.3 is 23.9 Å². The van der Waals surface area contributed by atoms with E-state index in [0.29, 0.717) is 23.0 Å². The highest BCUT2D eigenvalue weighted by Gasteiger charge is 2.24. The predicted molar refractivity (Wildman–Crippen MR) is 101 cm³/mol. The fourth-order valence-corrected chi connectivity index (χ4v) is 2.68. The molecule has 0 aliphatic rings. The maximum Gasteiger partial charge on any atom is 0.300 e. The number of rotatable bonds is 6. The molecule has 0 atom stereocenters. The minimum Gasteiger partial charge on any atom is -0.497 e. The molecule has 1 N–H and O–H groups in total. The molecule has 138 valence electrons. The van der Waals surface area contributed by atoms with Crippen molar-refractivity contribution in [2.75, 3.05) is 26.3 Å². The number of benzene rings is 2. The van der Waals surface area contributed by atoms with Gasteiger partial charge in [-0.15, -0.1) is 0 Å². The molecule has 0 amide bonds. The lowest BCUT2D eigenvalue weighted by Gasteiger charge is -2.25. The number of fused-ring (bicyclic) bond motifs is 1. The molecule has 0 saturated heterocycles. The molecule has 0 aliphatic carbocycles. The van der Waals surface area contributed by atoms with Crippen LogP contribution in [0.5, 0.6) is 11.5 Å². The van der Waals surface area contributed by atoms with Gasteiger partial charge in [-0.3, -0.25) is 0 Å². The average molecular weight is 356 g/mol. The topological polar surface area (TPSA) is 65.8 Å². The first-order valence-corrected chi connectivity index (χ1v) is 8.39. The highest BCUT2D eigenvalue weighted by molar-refractivity contribution is 5.76. The summed E-state index contributed by atoms with van der Waals surface area (Å²) in [4.78, 5) is 4.47. The van der Waals surface area contributed by atoms with Gasteiger partial charge in [-0.1, -0.05) is 32.9 Å². The van der Waals surface area contributed by atoms with Crippen LogP contribution in [0.3, 0.4) is 0 Å². The van der Waals surface area contributed by atoms with Crippen LogP contribution in [-0.4, -0.2) is 26.0 Å². The second-order valence-electron chi connectivity index (χ2n) is 6.96. The summed E-state index contributed by atoms with van der Waals surface area (Å²) in [7, 11) is 3.23. The zero-order valence-corrected chi connectivity index (χ0v) is 15.8. The summed E-state index contributed by atoms with van der Waals surface area (Å²) in [6.07, 6.45) is 0. The summed E-state index contributed by atoms with van der Waals surface area (Å²) in [5.41, 5.74) is 3.04. The van der Waals surface area contributed by atoms with Gasteiger partial charge in [0.25, 0.3) is 6.01 Å². The first kappa shape index (κ1) is 18.1. The van der Waals surface area contributed by atoms with Crippen molar-refractivity contribution in [3.63, 3.8) is 0 Å². The average Bonchev–Trinajstić information content (AvgIpc) is 3.01. The summed E-state index contributed by atoms with van der Waals surface area (Å²) < 4.78 is 22.2. The highest BCUT2D eigenvalue weighted by atomic mass is 16.7. The third-order valence-electron chi connectivity index (χ3n) is 3.96. The minimum absolute atomic E-state index is 0.137. The third kappa shape index (κ3) is 3.75. The van der Waals surface area contributed by atoms with Crippen LogP contribution >= 0.6 is 0 Å². The van der Waals surface area contributed by atoms with Gasteiger partial charge in [0, 0.05) is 18.7 Å². The summed E-state index contributed by atoms with van der Waals surface area (Å²) >= 11 is 0. The fourth-order valence-electron chi connectivity index (χ4n) is 2.68. The Morgan fingerprint density at radius 3 is 2.54 bits per heavy atom. The van der Waals surface area contributed by atoms with Crippen LogP contribution in [0.15, 0.2) is 40.8 Å². The van der Waals surface area contributed by atoms with Crippen molar-refractivity contribution in [1.82, 2.24) is 4.98 Å². The van der Waals surface area contributed by atoms with Crippen molar-refractivity contribution in [2.45, 2.75) is 26.2 Å². The lowest BCUT2D eigenvalue weighted by Crippen LogP contribution is -2.15. The number of methoxy groups -OCH3 is 2. The molecule has 0 bridgehead atoms. The van der Waals surface area contributed by atoms with Crippen LogP contribution in [0.4, 0.5) is 11.7 Å². The number of aromatic nitrogens is 1. The first-order valence-electron chi connectivity index (χ1n) is 8.39. The molecule has 3 rings (SSSR count). The Morgan fingerprint density at radius 1 is 1.12 bits per heavy atom. The van der Waals surface area contributed by atoms with Gasteiger partial charge in [0.05, 0.1) is 12.8 Å². The zero-order valence-electron chi connectivity index (χ0n) is 15.8. The molecule has 26 heavy (non-hydrogen) atoms. The number of para-hydroxylation sites is 2. The smallest absolute Gasteiger partial charge is 0.300 e. The van der Waals surface area contributed by atoms with Crippen LogP contribution in [0.25, 0.3) is 11.1 Å². The van der Waals surface area contributed by atoms with E-state index in [9.17, 15) is 0 Å². The second-order valence-corrected chi connectivity index (χ2v) is 6.96. The molecule has 1 heterocycles. The van der Waals surface area contributed by atoms with Crippen molar-refractivity contribution in [2.24, 2.45) is 0 Å². The monoisotopic (exact) mass is 356 g/mol. The number of anilines is 2. The van der Waals surface area contributed by atoms with Crippen molar-refractivity contribution in [3.05, 3.63) is 42.0 Å². The highest BCUT2D eigenvalue weighted by Crippen LogP contribution is 2.41. The number of hydrogen-bond acceptors (Lipinski definition) is 6. The predicted octanol–water partition coefficient (Wildman–Crippen LogP) is 4.86. The number of oxazole rings is 1. The van der Waals surface area contributed by atoms with Gasteiger partial charge in [-0.05, 0) is 23.6 Å². The molecule has 3 aromatic rings. The molecule has 6 heteroatoms. The largest absolute Gasteiger partial charge is 0.497 e. The zero-order chi connectivity index (χ0) is 18.7. The van der Waals surface area contributed by atoms with Gasteiger partial charge >= 0.3 is 0 Å². The van der Waals surface area contributed by atoms with Gasteiger partial charge in [0.15, 0.2) is 12.4 Å². The number of hydrogen-bond donors (Lipinski definition) is 1. The quantitative estimate of drug-likeness (QED) is 0.636. The molecule has 1 aromatic heterocycles. The normalized spacial score (nSPS) is 11.6. The fraction of sp³-hybridized carbons (Fsp3) is 0.350. The van der Waals surface area contributed by atoms with Gasteiger partial charge in [0.2, 0.25) is 0 Å². The van der Waals surface area contributed by atoms with Gasteiger partial charge in [-0.25, -0.2) is 0 Å². The Balaban J connectivity index is 2.07. The van der Waals surface area contributed by atoms with E-state index in [1.807, 2.05) is 36.4 Å². The SMILES string of the molecule is COCOc1c(Nc2nc3ccccc3o2)cc(OC)cc1C(C)(C)C.